The van der Waals surface area contributed by atoms with Crippen LogP contribution in [0.3, 0.4) is 0 Å². The predicted octanol–water partition coefficient (Wildman–Crippen LogP) is 3.49. The van der Waals surface area contributed by atoms with Crippen molar-refractivity contribution in [2.75, 3.05) is 12.9 Å². The topological polar surface area (TPSA) is 66.2 Å². The van der Waals surface area contributed by atoms with E-state index >= 15 is 0 Å². The Balaban J connectivity index is 2.11. The predicted molar refractivity (Wildman–Crippen MR) is 93.7 cm³/mol. The van der Waals surface area contributed by atoms with Gasteiger partial charge in [-0.05, 0) is 44.0 Å². The number of carbonyl (C=O) groups excluding carboxylic acids is 1. The normalized spacial score (nSPS) is 12.1. The molecule has 0 fully saturated rings. The molecule has 1 aromatic carbocycles. The van der Waals surface area contributed by atoms with E-state index in [1.165, 1.54) is 18.9 Å². The fourth-order valence-electron chi connectivity index (χ4n) is 2.22. The van der Waals surface area contributed by atoms with Crippen LogP contribution in [0.5, 0.6) is 5.75 Å². The van der Waals surface area contributed by atoms with Crippen LogP contribution >= 0.6 is 23.4 Å². The Kier molecular flexibility index (Phi) is 6.12. The third kappa shape index (κ3) is 4.21. The quantitative estimate of drug-likeness (QED) is 0.573. The standard InChI is InChI=1S/C16H20ClN3O3S/c1-9-6-12(7-10(2)14(9)17)23-11(3)15-18-19-16(20(15)4)24-8-13(21)22-5/h6-7,11H,8H2,1-5H3. The van der Waals surface area contributed by atoms with Crippen LogP contribution in [0.25, 0.3) is 0 Å². The van der Waals surface area contributed by atoms with Gasteiger partial charge < -0.3 is 14.0 Å². The van der Waals surface area contributed by atoms with Gasteiger partial charge in [-0.3, -0.25) is 4.79 Å². The minimum Gasteiger partial charge on any atom is -0.483 e. The van der Waals surface area contributed by atoms with Gasteiger partial charge in [0.2, 0.25) is 0 Å². The number of methoxy groups -OCH3 is 1. The molecule has 130 valence electrons. The first-order valence-electron chi connectivity index (χ1n) is 7.35. The third-order valence-electron chi connectivity index (χ3n) is 3.50. The van der Waals surface area contributed by atoms with Crippen molar-refractivity contribution < 1.29 is 14.3 Å². The summed E-state index contributed by atoms with van der Waals surface area (Å²) in [6.45, 7) is 5.78. The van der Waals surface area contributed by atoms with Gasteiger partial charge in [0.05, 0.1) is 12.9 Å². The number of halogens is 1. The Morgan fingerprint density at radius 3 is 2.54 bits per heavy atom. The van der Waals surface area contributed by atoms with E-state index in [0.29, 0.717) is 11.0 Å². The second-order valence-electron chi connectivity index (χ2n) is 5.40. The van der Waals surface area contributed by atoms with Gasteiger partial charge in [-0.1, -0.05) is 23.4 Å². The van der Waals surface area contributed by atoms with Gasteiger partial charge in [-0.25, -0.2) is 0 Å². The number of hydrogen-bond donors (Lipinski definition) is 0. The van der Waals surface area contributed by atoms with Gasteiger partial charge in [0.1, 0.15) is 5.75 Å². The van der Waals surface area contributed by atoms with Crippen molar-refractivity contribution in [1.29, 1.82) is 0 Å². The molecule has 2 rings (SSSR count). The number of nitrogens with zero attached hydrogens (tertiary/aromatic N) is 3. The van der Waals surface area contributed by atoms with Crippen LogP contribution in [0.1, 0.15) is 30.0 Å². The molecule has 0 aliphatic rings. The maximum Gasteiger partial charge on any atom is 0.316 e. The van der Waals surface area contributed by atoms with Gasteiger partial charge in [0.25, 0.3) is 0 Å². The van der Waals surface area contributed by atoms with E-state index in [1.54, 1.807) is 0 Å². The molecule has 1 unspecified atom stereocenters. The monoisotopic (exact) mass is 369 g/mol. The molecule has 0 radical (unpaired) electrons. The largest absolute Gasteiger partial charge is 0.483 e. The van der Waals surface area contributed by atoms with E-state index < -0.39 is 0 Å². The summed E-state index contributed by atoms with van der Waals surface area (Å²) in [4.78, 5) is 11.2. The summed E-state index contributed by atoms with van der Waals surface area (Å²) in [6, 6.07) is 3.80. The van der Waals surface area contributed by atoms with E-state index in [-0.39, 0.29) is 17.8 Å². The summed E-state index contributed by atoms with van der Waals surface area (Å²) >= 11 is 7.45. The first kappa shape index (κ1) is 18.6. The zero-order valence-corrected chi connectivity index (χ0v) is 15.9. The van der Waals surface area contributed by atoms with Crippen molar-refractivity contribution >= 4 is 29.3 Å². The number of benzene rings is 1. The lowest BCUT2D eigenvalue weighted by atomic mass is 10.1. The van der Waals surface area contributed by atoms with Crippen LogP contribution in [-0.2, 0) is 16.6 Å². The van der Waals surface area contributed by atoms with Crippen LogP contribution in [0.15, 0.2) is 17.3 Å². The zero-order valence-electron chi connectivity index (χ0n) is 14.3. The molecule has 1 heterocycles. The second-order valence-corrected chi connectivity index (χ2v) is 6.72. The molecule has 0 spiro atoms. The molecule has 6 nitrogen and oxygen atoms in total. The number of aromatic nitrogens is 3. The highest BCUT2D eigenvalue weighted by Gasteiger charge is 2.18. The van der Waals surface area contributed by atoms with E-state index in [2.05, 4.69) is 14.9 Å². The maximum absolute atomic E-state index is 11.2. The average Bonchev–Trinajstić information content (AvgIpc) is 2.91. The first-order chi connectivity index (χ1) is 11.3. The number of rotatable bonds is 6. The summed E-state index contributed by atoms with van der Waals surface area (Å²) in [6.07, 6.45) is -0.296. The van der Waals surface area contributed by atoms with Gasteiger partial charge >= 0.3 is 5.97 Å². The minimum atomic E-state index is -0.305. The van der Waals surface area contributed by atoms with Crippen molar-refractivity contribution in [2.45, 2.75) is 32.0 Å². The second kappa shape index (κ2) is 7.90. The molecule has 0 saturated heterocycles. The van der Waals surface area contributed by atoms with Crippen LogP contribution in [0, 0.1) is 13.8 Å². The highest BCUT2D eigenvalue weighted by atomic mass is 35.5. The third-order valence-corrected chi connectivity index (χ3v) is 5.09. The van der Waals surface area contributed by atoms with Crippen LogP contribution < -0.4 is 4.74 Å². The average molecular weight is 370 g/mol. The molecule has 0 saturated carbocycles. The summed E-state index contributed by atoms with van der Waals surface area (Å²) < 4.78 is 12.4. The molecular weight excluding hydrogens is 350 g/mol. The van der Waals surface area contributed by atoms with Crippen LogP contribution in [0.2, 0.25) is 5.02 Å². The molecule has 1 aromatic heterocycles. The van der Waals surface area contributed by atoms with Gasteiger partial charge in [0, 0.05) is 12.1 Å². The maximum atomic E-state index is 11.2. The van der Waals surface area contributed by atoms with E-state index in [9.17, 15) is 4.79 Å². The van der Waals surface area contributed by atoms with E-state index in [4.69, 9.17) is 16.3 Å². The van der Waals surface area contributed by atoms with E-state index in [1.807, 2.05) is 44.5 Å². The molecule has 0 aliphatic carbocycles. The molecule has 8 heteroatoms. The Hall–Kier alpha value is -1.73. The number of aryl methyl sites for hydroxylation is 2. The molecular formula is C16H20ClN3O3S. The Labute approximate surface area is 150 Å². The van der Waals surface area contributed by atoms with Crippen LogP contribution in [0.4, 0.5) is 0 Å². The lowest BCUT2D eigenvalue weighted by Gasteiger charge is -2.16. The van der Waals surface area contributed by atoms with Crippen molar-refractivity contribution in [3.8, 4) is 5.75 Å². The van der Waals surface area contributed by atoms with Gasteiger partial charge in [-0.15, -0.1) is 10.2 Å². The van der Waals surface area contributed by atoms with Crippen molar-refractivity contribution in [1.82, 2.24) is 14.8 Å². The summed E-state index contributed by atoms with van der Waals surface area (Å²) in [7, 11) is 3.20. The molecule has 0 N–H and O–H groups in total. The number of esters is 1. The Morgan fingerprint density at radius 1 is 1.33 bits per heavy atom. The SMILES string of the molecule is COC(=O)CSc1nnc(C(C)Oc2cc(C)c(Cl)c(C)c2)n1C. The Morgan fingerprint density at radius 2 is 1.96 bits per heavy atom. The molecule has 24 heavy (non-hydrogen) atoms. The fraction of sp³-hybridized carbons (Fsp3) is 0.438. The minimum absolute atomic E-state index is 0.188. The molecule has 0 amide bonds. The van der Waals surface area contributed by atoms with Crippen molar-refractivity contribution in [3.63, 3.8) is 0 Å². The fourth-order valence-corrected chi connectivity index (χ4v) is 3.08. The molecule has 0 bridgehead atoms. The smallest absolute Gasteiger partial charge is 0.316 e. The lowest BCUT2D eigenvalue weighted by Crippen LogP contribution is -2.11. The zero-order chi connectivity index (χ0) is 17.9. The highest BCUT2D eigenvalue weighted by Crippen LogP contribution is 2.29. The van der Waals surface area contributed by atoms with Gasteiger partial charge in [-0.2, -0.15) is 0 Å². The summed E-state index contributed by atoms with van der Waals surface area (Å²) in [5.41, 5.74) is 1.93. The summed E-state index contributed by atoms with van der Waals surface area (Å²) in [5, 5.41) is 9.65. The van der Waals surface area contributed by atoms with Crippen molar-refractivity contribution in [2.24, 2.45) is 7.05 Å². The first-order valence-corrected chi connectivity index (χ1v) is 8.72. The molecule has 0 aliphatic heterocycles. The highest BCUT2D eigenvalue weighted by molar-refractivity contribution is 7.99. The number of ether oxygens (including phenoxy) is 2. The summed E-state index contributed by atoms with van der Waals surface area (Å²) in [5.74, 6) is 1.29. The Bertz CT molecular complexity index is 725. The van der Waals surface area contributed by atoms with Crippen LogP contribution in [-0.4, -0.2) is 33.6 Å². The number of carbonyl (C=O) groups is 1. The number of thioether (sulfide) groups is 1. The number of hydrogen-bond acceptors (Lipinski definition) is 6. The lowest BCUT2D eigenvalue weighted by molar-refractivity contribution is -0.137. The van der Waals surface area contributed by atoms with E-state index in [0.717, 1.165) is 21.9 Å². The molecule has 2 aromatic rings. The van der Waals surface area contributed by atoms with Gasteiger partial charge in [0.15, 0.2) is 17.1 Å². The van der Waals surface area contributed by atoms with Crippen molar-refractivity contribution in [3.05, 3.63) is 34.1 Å². The molecule has 1 atom stereocenters.